The molecule has 15 heavy (non-hydrogen) atoms. The third-order valence-electron chi connectivity index (χ3n) is 2.50. The zero-order valence-electron chi connectivity index (χ0n) is 9.82. The van der Waals surface area contributed by atoms with Gasteiger partial charge in [-0.15, -0.1) is 0 Å². The Hall–Kier alpha value is -1.02. The molecule has 0 saturated carbocycles. The van der Waals surface area contributed by atoms with Gasteiger partial charge in [0.1, 0.15) is 0 Å². The van der Waals surface area contributed by atoms with Gasteiger partial charge < -0.3 is 10.6 Å². The lowest BCUT2D eigenvalue weighted by molar-refractivity contribution is 0.573. The van der Waals surface area contributed by atoms with Crippen molar-refractivity contribution in [3.8, 4) is 0 Å². The second kappa shape index (κ2) is 6.46. The average Bonchev–Trinajstić information content (AvgIpc) is 2.25. The average molecular weight is 206 g/mol. The number of para-hydroxylation sites is 1. The van der Waals surface area contributed by atoms with Gasteiger partial charge in [0.05, 0.1) is 0 Å². The summed E-state index contributed by atoms with van der Waals surface area (Å²) in [5.74, 6) is 0.744. The molecule has 0 radical (unpaired) electrons. The third-order valence-corrected chi connectivity index (χ3v) is 2.50. The van der Waals surface area contributed by atoms with E-state index >= 15 is 0 Å². The Kier molecular flexibility index (Phi) is 5.19. The number of hydrogen-bond donors (Lipinski definition) is 1. The van der Waals surface area contributed by atoms with E-state index < -0.39 is 0 Å². The van der Waals surface area contributed by atoms with Crippen LogP contribution >= 0.6 is 0 Å². The standard InChI is InChI=1S/C13H22N2/c1-12(2)8-10-15(11-9-14)13-6-4-3-5-7-13/h3-7,12H,8-11,14H2,1-2H3. The van der Waals surface area contributed by atoms with Crippen LogP contribution in [0.2, 0.25) is 0 Å². The minimum absolute atomic E-state index is 0.715. The molecule has 0 spiro atoms. The van der Waals surface area contributed by atoms with Crippen molar-refractivity contribution >= 4 is 5.69 Å². The number of rotatable bonds is 6. The van der Waals surface area contributed by atoms with E-state index in [1.165, 1.54) is 12.1 Å². The van der Waals surface area contributed by atoms with E-state index in [2.05, 4.69) is 43.0 Å². The van der Waals surface area contributed by atoms with Gasteiger partial charge in [-0.3, -0.25) is 0 Å². The van der Waals surface area contributed by atoms with Gasteiger partial charge >= 0.3 is 0 Å². The fourth-order valence-corrected chi connectivity index (χ4v) is 1.58. The van der Waals surface area contributed by atoms with E-state index in [1.807, 2.05) is 6.07 Å². The lowest BCUT2D eigenvalue weighted by Crippen LogP contribution is -2.30. The topological polar surface area (TPSA) is 29.3 Å². The van der Waals surface area contributed by atoms with Crippen LogP contribution in [-0.4, -0.2) is 19.6 Å². The molecule has 0 atom stereocenters. The zero-order chi connectivity index (χ0) is 11.1. The summed E-state index contributed by atoms with van der Waals surface area (Å²) >= 11 is 0. The summed E-state index contributed by atoms with van der Waals surface area (Å²) in [7, 11) is 0. The molecule has 0 saturated heterocycles. The van der Waals surface area contributed by atoms with Crippen molar-refractivity contribution in [1.29, 1.82) is 0 Å². The van der Waals surface area contributed by atoms with Crippen LogP contribution in [0.4, 0.5) is 5.69 Å². The Morgan fingerprint density at radius 1 is 1.13 bits per heavy atom. The maximum Gasteiger partial charge on any atom is 0.0366 e. The fraction of sp³-hybridized carbons (Fsp3) is 0.538. The van der Waals surface area contributed by atoms with Gasteiger partial charge in [0.2, 0.25) is 0 Å². The molecule has 0 fully saturated rings. The lowest BCUT2D eigenvalue weighted by Gasteiger charge is -2.25. The molecular formula is C13H22N2. The SMILES string of the molecule is CC(C)CCN(CCN)c1ccccc1. The van der Waals surface area contributed by atoms with E-state index in [4.69, 9.17) is 5.73 Å². The van der Waals surface area contributed by atoms with Crippen LogP contribution in [0.3, 0.4) is 0 Å². The summed E-state index contributed by atoms with van der Waals surface area (Å²) in [5.41, 5.74) is 6.91. The summed E-state index contributed by atoms with van der Waals surface area (Å²) in [4.78, 5) is 2.36. The van der Waals surface area contributed by atoms with Gasteiger partial charge in [-0.2, -0.15) is 0 Å². The van der Waals surface area contributed by atoms with Crippen LogP contribution < -0.4 is 10.6 Å². The first-order valence-corrected chi connectivity index (χ1v) is 5.74. The van der Waals surface area contributed by atoms with Gasteiger partial charge in [-0.1, -0.05) is 32.0 Å². The highest BCUT2D eigenvalue weighted by Crippen LogP contribution is 2.14. The number of hydrogen-bond acceptors (Lipinski definition) is 2. The molecule has 2 N–H and O–H groups in total. The summed E-state index contributed by atoms with van der Waals surface area (Å²) in [6, 6.07) is 10.5. The molecule has 0 aromatic heterocycles. The molecule has 2 heteroatoms. The van der Waals surface area contributed by atoms with Crippen molar-refractivity contribution in [2.75, 3.05) is 24.5 Å². The summed E-state index contributed by atoms with van der Waals surface area (Å²) in [5, 5.41) is 0. The quantitative estimate of drug-likeness (QED) is 0.775. The molecule has 1 rings (SSSR count). The minimum Gasteiger partial charge on any atom is -0.370 e. The molecule has 0 bridgehead atoms. The van der Waals surface area contributed by atoms with Gasteiger partial charge in [-0.25, -0.2) is 0 Å². The number of benzene rings is 1. The first-order chi connectivity index (χ1) is 7.24. The second-order valence-electron chi connectivity index (χ2n) is 4.29. The van der Waals surface area contributed by atoms with Crippen molar-refractivity contribution in [2.45, 2.75) is 20.3 Å². The molecule has 84 valence electrons. The lowest BCUT2D eigenvalue weighted by atomic mass is 10.1. The molecular weight excluding hydrogens is 184 g/mol. The Balaban J connectivity index is 2.57. The van der Waals surface area contributed by atoms with Gasteiger partial charge in [0, 0.05) is 25.3 Å². The maximum absolute atomic E-state index is 5.63. The van der Waals surface area contributed by atoms with Crippen LogP contribution in [-0.2, 0) is 0 Å². The largest absolute Gasteiger partial charge is 0.370 e. The van der Waals surface area contributed by atoms with Crippen LogP contribution in [0.5, 0.6) is 0 Å². The Morgan fingerprint density at radius 2 is 1.80 bits per heavy atom. The normalized spacial score (nSPS) is 10.7. The minimum atomic E-state index is 0.715. The Bertz CT molecular complexity index is 256. The first-order valence-electron chi connectivity index (χ1n) is 5.74. The first kappa shape index (κ1) is 12.1. The molecule has 2 nitrogen and oxygen atoms in total. The molecule has 0 aliphatic carbocycles. The predicted molar refractivity (Wildman–Crippen MR) is 67.2 cm³/mol. The van der Waals surface area contributed by atoms with Crippen LogP contribution in [0, 0.1) is 5.92 Å². The van der Waals surface area contributed by atoms with Crippen molar-refractivity contribution in [1.82, 2.24) is 0 Å². The highest BCUT2D eigenvalue weighted by Gasteiger charge is 2.05. The maximum atomic E-state index is 5.63. The molecule has 1 aromatic rings. The highest BCUT2D eigenvalue weighted by atomic mass is 15.1. The summed E-state index contributed by atoms with van der Waals surface area (Å²) < 4.78 is 0. The molecule has 0 aliphatic rings. The number of nitrogens with zero attached hydrogens (tertiary/aromatic N) is 1. The molecule has 0 heterocycles. The third kappa shape index (κ3) is 4.34. The Morgan fingerprint density at radius 3 is 2.33 bits per heavy atom. The van der Waals surface area contributed by atoms with Gasteiger partial charge in [0.25, 0.3) is 0 Å². The summed E-state index contributed by atoms with van der Waals surface area (Å²) in [6.07, 6.45) is 1.22. The van der Waals surface area contributed by atoms with Crippen LogP contribution in [0.1, 0.15) is 20.3 Å². The molecule has 0 unspecified atom stereocenters. The van der Waals surface area contributed by atoms with Crippen molar-refractivity contribution < 1.29 is 0 Å². The number of nitrogens with two attached hydrogens (primary N) is 1. The van der Waals surface area contributed by atoms with Crippen molar-refractivity contribution in [2.24, 2.45) is 11.7 Å². The van der Waals surface area contributed by atoms with Crippen molar-refractivity contribution in [3.63, 3.8) is 0 Å². The predicted octanol–water partition coefficient (Wildman–Crippen LogP) is 2.50. The Labute approximate surface area is 93.1 Å². The second-order valence-corrected chi connectivity index (χ2v) is 4.29. The van der Waals surface area contributed by atoms with E-state index in [1.54, 1.807) is 0 Å². The molecule has 0 aliphatic heterocycles. The van der Waals surface area contributed by atoms with Gasteiger partial charge in [0.15, 0.2) is 0 Å². The molecule has 1 aromatic carbocycles. The smallest absolute Gasteiger partial charge is 0.0366 e. The summed E-state index contributed by atoms with van der Waals surface area (Å²) in [6.45, 7) is 7.26. The highest BCUT2D eigenvalue weighted by molar-refractivity contribution is 5.45. The van der Waals surface area contributed by atoms with Crippen LogP contribution in [0.15, 0.2) is 30.3 Å². The fourth-order valence-electron chi connectivity index (χ4n) is 1.58. The van der Waals surface area contributed by atoms with E-state index in [9.17, 15) is 0 Å². The zero-order valence-corrected chi connectivity index (χ0v) is 9.82. The van der Waals surface area contributed by atoms with Crippen LogP contribution in [0.25, 0.3) is 0 Å². The van der Waals surface area contributed by atoms with E-state index in [0.29, 0.717) is 6.54 Å². The van der Waals surface area contributed by atoms with Crippen molar-refractivity contribution in [3.05, 3.63) is 30.3 Å². The molecule has 0 amide bonds. The van der Waals surface area contributed by atoms with E-state index in [-0.39, 0.29) is 0 Å². The monoisotopic (exact) mass is 206 g/mol. The van der Waals surface area contributed by atoms with E-state index in [0.717, 1.165) is 19.0 Å². The van der Waals surface area contributed by atoms with Gasteiger partial charge in [-0.05, 0) is 24.5 Å². The number of anilines is 1.